The molecule has 0 aliphatic heterocycles. The molecule has 1 atom stereocenters. The molecule has 0 N–H and O–H groups in total. The number of rotatable bonds is 5. The van der Waals surface area contributed by atoms with Gasteiger partial charge in [0.15, 0.2) is 0 Å². The molecule has 2 aromatic carbocycles. The standard InChI is InChI=1S/C23H20F2N3OPS/c1-27(2)22(29)21-13-12-20(31-21)19-14-17(15-8-4-3-5-9-15)26-28(19)18-11-7-6-10-16(18)23(24,25)30/h3-14H,30H2,1-2H3. The van der Waals surface area contributed by atoms with Crippen molar-refractivity contribution < 1.29 is 13.6 Å². The van der Waals surface area contributed by atoms with E-state index in [2.05, 4.69) is 5.10 Å². The number of thiophene rings is 1. The van der Waals surface area contributed by atoms with E-state index in [1.807, 2.05) is 42.5 Å². The number of para-hydroxylation sites is 1. The summed E-state index contributed by atoms with van der Waals surface area (Å²) >= 11 is 1.31. The molecule has 0 aliphatic rings. The summed E-state index contributed by atoms with van der Waals surface area (Å²) in [6.07, 6.45) is 0. The van der Waals surface area contributed by atoms with Crippen LogP contribution in [0, 0.1) is 0 Å². The van der Waals surface area contributed by atoms with Gasteiger partial charge >= 0.3 is 0 Å². The third kappa shape index (κ3) is 4.29. The van der Waals surface area contributed by atoms with Gasteiger partial charge in [0.05, 0.1) is 32.4 Å². The third-order valence-corrected chi connectivity index (χ3v) is 6.15. The number of amides is 1. The highest BCUT2D eigenvalue weighted by Crippen LogP contribution is 2.40. The third-order valence-electron chi connectivity index (χ3n) is 4.75. The van der Waals surface area contributed by atoms with E-state index in [0.717, 1.165) is 10.4 Å². The molecular weight excluding hydrogens is 435 g/mol. The minimum absolute atomic E-state index is 0.109. The lowest BCUT2D eigenvalue weighted by molar-refractivity contribution is 0.0832. The lowest BCUT2D eigenvalue weighted by Gasteiger charge is -2.16. The summed E-state index contributed by atoms with van der Waals surface area (Å²) in [4.78, 5) is 15.2. The van der Waals surface area contributed by atoms with Crippen molar-refractivity contribution in [1.29, 1.82) is 0 Å². The molecule has 0 aliphatic carbocycles. The Morgan fingerprint density at radius 2 is 1.71 bits per heavy atom. The number of nitrogens with zero attached hydrogens (tertiary/aromatic N) is 3. The van der Waals surface area contributed by atoms with Crippen molar-refractivity contribution in [3.05, 3.63) is 83.2 Å². The second-order valence-electron chi connectivity index (χ2n) is 7.20. The van der Waals surface area contributed by atoms with Crippen molar-refractivity contribution in [2.45, 2.75) is 5.66 Å². The number of halogens is 2. The van der Waals surface area contributed by atoms with Crippen LogP contribution in [-0.2, 0) is 5.66 Å². The Bertz CT molecular complexity index is 1230. The van der Waals surface area contributed by atoms with Crippen LogP contribution in [0.3, 0.4) is 0 Å². The zero-order chi connectivity index (χ0) is 22.2. The van der Waals surface area contributed by atoms with E-state index in [1.165, 1.54) is 27.0 Å². The van der Waals surface area contributed by atoms with Crippen molar-refractivity contribution in [2.24, 2.45) is 0 Å². The van der Waals surface area contributed by atoms with Crippen molar-refractivity contribution in [2.75, 3.05) is 14.1 Å². The van der Waals surface area contributed by atoms with Crippen LogP contribution in [0.4, 0.5) is 8.78 Å². The molecule has 1 unspecified atom stereocenters. The number of hydrogen-bond donors (Lipinski definition) is 0. The van der Waals surface area contributed by atoms with E-state index >= 15 is 0 Å². The van der Waals surface area contributed by atoms with Gasteiger partial charge in [0, 0.05) is 19.7 Å². The molecule has 2 heterocycles. The summed E-state index contributed by atoms with van der Waals surface area (Å²) in [6, 6.07) is 21.3. The van der Waals surface area contributed by atoms with Crippen LogP contribution in [0.2, 0.25) is 0 Å². The first-order valence-corrected chi connectivity index (χ1v) is 10.9. The maximum atomic E-state index is 14.3. The van der Waals surface area contributed by atoms with E-state index in [0.29, 0.717) is 16.3 Å². The monoisotopic (exact) mass is 455 g/mol. The molecule has 4 aromatic rings. The van der Waals surface area contributed by atoms with Gasteiger partial charge in [-0.05, 0) is 24.3 Å². The second kappa shape index (κ2) is 8.33. The van der Waals surface area contributed by atoms with Gasteiger partial charge in [-0.3, -0.25) is 4.79 Å². The van der Waals surface area contributed by atoms with Crippen molar-refractivity contribution in [3.8, 4) is 27.5 Å². The summed E-state index contributed by atoms with van der Waals surface area (Å²) in [6.45, 7) is 0. The Morgan fingerprint density at radius 1 is 1.03 bits per heavy atom. The molecule has 2 aromatic heterocycles. The van der Waals surface area contributed by atoms with Gasteiger partial charge in [-0.1, -0.05) is 57.8 Å². The van der Waals surface area contributed by atoms with Crippen molar-refractivity contribution in [3.63, 3.8) is 0 Å². The highest BCUT2D eigenvalue weighted by atomic mass is 32.1. The molecule has 0 saturated carbocycles. The summed E-state index contributed by atoms with van der Waals surface area (Å²) in [5, 5.41) is 4.68. The van der Waals surface area contributed by atoms with Crippen LogP contribution in [0.1, 0.15) is 15.2 Å². The normalized spacial score (nSPS) is 11.5. The van der Waals surface area contributed by atoms with Crippen molar-refractivity contribution >= 4 is 26.5 Å². The molecule has 8 heteroatoms. The van der Waals surface area contributed by atoms with Crippen LogP contribution in [0.25, 0.3) is 27.5 Å². The number of carbonyl (C=O) groups excluding carboxylic acids is 1. The average molecular weight is 455 g/mol. The largest absolute Gasteiger partial charge is 0.344 e. The van der Waals surface area contributed by atoms with E-state index in [4.69, 9.17) is 0 Å². The molecule has 0 fully saturated rings. The van der Waals surface area contributed by atoms with Gasteiger partial charge in [-0.2, -0.15) is 13.9 Å². The summed E-state index contributed by atoms with van der Waals surface area (Å²) in [5.74, 6) is -0.109. The minimum Gasteiger partial charge on any atom is -0.344 e. The Balaban J connectivity index is 1.92. The molecule has 1 amide bonds. The highest BCUT2D eigenvalue weighted by Gasteiger charge is 2.29. The summed E-state index contributed by atoms with van der Waals surface area (Å²) in [5.41, 5.74) is -0.805. The number of alkyl halides is 2. The molecule has 31 heavy (non-hydrogen) atoms. The zero-order valence-electron chi connectivity index (χ0n) is 16.9. The smallest absolute Gasteiger partial charge is 0.285 e. The van der Waals surface area contributed by atoms with Crippen molar-refractivity contribution in [1.82, 2.24) is 14.7 Å². The molecule has 0 bridgehead atoms. The van der Waals surface area contributed by atoms with Crippen LogP contribution in [0.5, 0.6) is 0 Å². The molecule has 0 spiro atoms. The lowest BCUT2D eigenvalue weighted by Crippen LogP contribution is -2.20. The number of aromatic nitrogens is 2. The fourth-order valence-electron chi connectivity index (χ4n) is 3.24. The Labute approximate surface area is 185 Å². The number of carbonyl (C=O) groups is 1. The van der Waals surface area contributed by atoms with E-state index in [9.17, 15) is 13.6 Å². The molecule has 0 saturated heterocycles. The van der Waals surface area contributed by atoms with Gasteiger partial charge in [0.2, 0.25) is 0 Å². The molecule has 4 nitrogen and oxygen atoms in total. The fraction of sp³-hybridized carbons (Fsp3) is 0.130. The van der Waals surface area contributed by atoms with Gasteiger partial charge in [-0.25, -0.2) is 4.68 Å². The Kier molecular flexibility index (Phi) is 5.73. The van der Waals surface area contributed by atoms with Gasteiger partial charge in [0.25, 0.3) is 11.6 Å². The van der Waals surface area contributed by atoms with Gasteiger partial charge in [-0.15, -0.1) is 11.3 Å². The predicted molar refractivity (Wildman–Crippen MR) is 124 cm³/mol. The van der Waals surface area contributed by atoms with E-state index in [1.54, 1.807) is 47.6 Å². The molecular formula is C23H20F2N3OPS. The van der Waals surface area contributed by atoms with Gasteiger partial charge in [0.1, 0.15) is 0 Å². The minimum atomic E-state index is -3.12. The van der Waals surface area contributed by atoms with Crippen LogP contribution in [0.15, 0.2) is 72.8 Å². The van der Waals surface area contributed by atoms with E-state index < -0.39 is 5.66 Å². The predicted octanol–water partition coefficient (Wildman–Crippen LogP) is 5.89. The fourth-order valence-corrected chi connectivity index (χ4v) is 4.51. The van der Waals surface area contributed by atoms with Crippen LogP contribution >= 0.6 is 20.6 Å². The van der Waals surface area contributed by atoms with Crippen LogP contribution < -0.4 is 0 Å². The Hall–Kier alpha value is -2.89. The van der Waals surface area contributed by atoms with Crippen LogP contribution in [-0.4, -0.2) is 34.7 Å². The SMILES string of the molecule is CN(C)C(=O)c1ccc(-c2cc(-c3ccccc3)nn2-c2ccccc2C(F)(F)P)s1. The quantitative estimate of drug-likeness (QED) is 0.352. The molecule has 0 radical (unpaired) electrons. The average Bonchev–Trinajstić information content (AvgIpc) is 3.40. The highest BCUT2D eigenvalue weighted by molar-refractivity contribution is 7.17. The number of benzene rings is 2. The first-order valence-electron chi connectivity index (χ1n) is 9.49. The topological polar surface area (TPSA) is 38.1 Å². The summed E-state index contributed by atoms with van der Waals surface area (Å²) < 4.78 is 30.2. The number of hydrogen-bond acceptors (Lipinski definition) is 3. The second-order valence-corrected chi connectivity index (χ2v) is 9.01. The maximum Gasteiger partial charge on any atom is 0.285 e. The van der Waals surface area contributed by atoms with Gasteiger partial charge < -0.3 is 4.90 Å². The first-order chi connectivity index (χ1) is 14.8. The lowest BCUT2D eigenvalue weighted by atomic mass is 10.1. The molecule has 4 rings (SSSR count). The summed E-state index contributed by atoms with van der Waals surface area (Å²) in [7, 11) is 4.98. The Morgan fingerprint density at radius 3 is 2.39 bits per heavy atom. The molecule has 158 valence electrons. The maximum absolute atomic E-state index is 14.3. The first kappa shape index (κ1) is 21.3. The van der Waals surface area contributed by atoms with E-state index in [-0.39, 0.29) is 17.2 Å². The zero-order valence-corrected chi connectivity index (χ0v) is 18.9.